The van der Waals surface area contributed by atoms with Crippen molar-refractivity contribution in [2.45, 2.75) is 25.3 Å². The summed E-state index contributed by atoms with van der Waals surface area (Å²) < 4.78 is 5.22. The van der Waals surface area contributed by atoms with E-state index in [2.05, 4.69) is 15.5 Å². The Bertz CT molecular complexity index is 476. The number of hydrogen-bond acceptors (Lipinski definition) is 4. The molecule has 0 saturated heterocycles. The first-order chi connectivity index (χ1) is 8.42. The van der Waals surface area contributed by atoms with Gasteiger partial charge >= 0.3 is 0 Å². The summed E-state index contributed by atoms with van der Waals surface area (Å²) in [5, 5.41) is 7.41. The third-order valence-electron chi connectivity index (χ3n) is 2.85. The molecule has 1 aromatic carbocycles. The lowest BCUT2D eigenvalue weighted by Gasteiger charge is -1.97. The summed E-state index contributed by atoms with van der Waals surface area (Å²) in [5.74, 6) is 1.38. The Hall–Kier alpha value is -1.68. The number of benzene rings is 1. The van der Waals surface area contributed by atoms with Gasteiger partial charge in [0.2, 0.25) is 11.7 Å². The van der Waals surface area contributed by atoms with E-state index in [0.717, 1.165) is 24.6 Å². The van der Waals surface area contributed by atoms with E-state index >= 15 is 0 Å². The average Bonchev–Trinajstić information content (AvgIpc) is 3.07. The third-order valence-corrected chi connectivity index (χ3v) is 2.85. The van der Waals surface area contributed by atoms with Crippen molar-refractivity contribution in [1.82, 2.24) is 15.5 Å². The van der Waals surface area contributed by atoms with Crippen LogP contribution in [0.2, 0.25) is 0 Å². The van der Waals surface area contributed by atoms with Gasteiger partial charge in [0.05, 0.1) is 0 Å². The molecule has 1 aliphatic carbocycles. The average molecular weight is 229 g/mol. The SMILES string of the molecule is c1ccc(-c2noc(CCNC3CC3)n2)cc1. The van der Waals surface area contributed by atoms with Crippen LogP contribution >= 0.6 is 0 Å². The minimum absolute atomic E-state index is 0.673. The lowest BCUT2D eigenvalue weighted by Crippen LogP contribution is -2.19. The van der Waals surface area contributed by atoms with Gasteiger partial charge in [-0.05, 0) is 12.8 Å². The van der Waals surface area contributed by atoms with Crippen molar-refractivity contribution in [2.75, 3.05) is 6.54 Å². The largest absolute Gasteiger partial charge is 0.339 e. The second-order valence-electron chi connectivity index (χ2n) is 4.36. The summed E-state index contributed by atoms with van der Waals surface area (Å²) in [6.45, 7) is 0.918. The number of nitrogens with one attached hydrogen (secondary N) is 1. The minimum Gasteiger partial charge on any atom is -0.339 e. The molecule has 0 amide bonds. The third kappa shape index (κ3) is 2.71. The van der Waals surface area contributed by atoms with Crippen molar-refractivity contribution in [1.29, 1.82) is 0 Å². The van der Waals surface area contributed by atoms with Crippen LogP contribution in [0.15, 0.2) is 34.9 Å². The van der Waals surface area contributed by atoms with Crippen LogP contribution in [0.25, 0.3) is 11.4 Å². The van der Waals surface area contributed by atoms with Gasteiger partial charge in [-0.15, -0.1) is 0 Å². The Morgan fingerprint density at radius 2 is 2.06 bits per heavy atom. The van der Waals surface area contributed by atoms with Gasteiger partial charge in [-0.1, -0.05) is 35.5 Å². The normalized spacial score (nSPS) is 15.1. The Morgan fingerprint density at radius 1 is 1.24 bits per heavy atom. The fourth-order valence-corrected chi connectivity index (χ4v) is 1.73. The summed E-state index contributed by atoms with van der Waals surface area (Å²) in [6.07, 6.45) is 3.41. The summed E-state index contributed by atoms with van der Waals surface area (Å²) in [7, 11) is 0. The van der Waals surface area contributed by atoms with Crippen LogP contribution in [0.3, 0.4) is 0 Å². The standard InChI is InChI=1S/C13H15N3O/c1-2-4-10(5-3-1)13-15-12(17-16-13)8-9-14-11-6-7-11/h1-5,11,14H,6-9H2. The lowest BCUT2D eigenvalue weighted by atomic mass is 10.2. The molecule has 2 aromatic rings. The maximum absolute atomic E-state index is 5.22. The minimum atomic E-state index is 0.673. The van der Waals surface area contributed by atoms with Gasteiger partial charge in [0.1, 0.15) is 0 Å². The maximum atomic E-state index is 5.22. The molecule has 0 atom stereocenters. The molecule has 0 aliphatic heterocycles. The summed E-state index contributed by atoms with van der Waals surface area (Å²) in [6, 6.07) is 10.6. The van der Waals surface area contributed by atoms with Gasteiger partial charge < -0.3 is 9.84 Å². The number of nitrogens with zero attached hydrogens (tertiary/aromatic N) is 2. The summed E-state index contributed by atoms with van der Waals surface area (Å²) in [5.41, 5.74) is 0.998. The van der Waals surface area contributed by atoms with E-state index in [1.165, 1.54) is 12.8 Å². The molecule has 88 valence electrons. The van der Waals surface area contributed by atoms with Gasteiger partial charge in [-0.3, -0.25) is 0 Å². The first-order valence-electron chi connectivity index (χ1n) is 6.03. The maximum Gasteiger partial charge on any atom is 0.228 e. The fourth-order valence-electron chi connectivity index (χ4n) is 1.73. The monoisotopic (exact) mass is 229 g/mol. The molecule has 0 spiro atoms. The van der Waals surface area contributed by atoms with Gasteiger partial charge in [0.25, 0.3) is 0 Å². The van der Waals surface area contributed by atoms with Crippen molar-refractivity contribution >= 4 is 0 Å². The fraction of sp³-hybridized carbons (Fsp3) is 0.385. The first kappa shape index (κ1) is 10.5. The van der Waals surface area contributed by atoms with Gasteiger partial charge in [0.15, 0.2) is 0 Å². The van der Waals surface area contributed by atoms with E-state index in [9.17, 15) is 0 Å². The van der Waals surface area contributed by atoms with Gasteiger partial charge in [0, 0.05) is 24.6 Å². The molecule has 1 saturated carbocycles. The van der Waals surface area contributed by atoms with Crippen LogP contribution in [0, 0.1) is 0 Å². The Kier molecular flexibility index (Phi) is 2.88. The van der Waals surface area contributed by atoms with Crippen LogP contribution in [0.4, 0.5) is 0 Å². The molecule has 1 heterocycles. The van der Waals surface area contributed by atoms with Crippen molar-refractivity contribution in [3.8, 4) is 11.4 Å². The zero-order chi connectivity index (χ0) is 11.5. The molecule has 1 aromatic heterocycles. The van der Waals surface area contributed by atoms with E-state index in [0.29, 0.717) is 11.7 Å². The van der Waals surface area contributed by atoms with E-state index in [-0.39, 0.29) is 0 Å². The van der Waals surface area contributed by atoms with Crippen LogP contribution in [0.5, 0.6) is 0 Å². The van der Waals surface area contributed by atoms with Crippen LogP contribution in [-0.2, 0) is 6.42 Å². The molecule has 4 nitrogen and oxygen atoms in total. The van der Waals surface area contributed by atoms with Crippen molar-refractivity contribution in [2.24, 2.45) is 0 Å². The number of rotatable bonds is 5. The highest BCUT2D eigenvalue weighted by Crippen LogP contribution is 2.18. The molecule has 0 bridgehead atoms. The smallest absolute Gasteiger partial charge is 0.228 e. The van der Waals surface area contributed by atoms with Crippen LogP contribution < -0.4 is 5.32 Å². The topological polar surface area (TPSA) is 51.0 Å². The molecule has 4 heteroatoms. The summed E-state index contributed by atoms with van der Waals surface area (Å²) >= 11 is 0. The highest BCUT2D eigenvalue weighted by Gasteiger charge is 2.20. The van der Waals surface area contributed by atoms with E-state index < -0.39 is 0 Å². The first-order valence-corrected chi connectivity index (χ1v) is 6.03. The van der Waals surface area contributed by atoms with Gasteiger partial charge in [-0.2, -0.15) is 4.98 Å². The van der Waals surface area contributed by atoms with Crippen LogP contribution in [0.1, 0.15) is 18.7 Å². The van der Waals surface area contributed by atoms with E-state index in [1.807, 2.05) is 30.3 Å². The predicted octanol–water partition coefficient (Wildman–Crippen LogP) is 2.03. The molecule has 0 unspecified atom stereocenters. The second-order valence-corrected chi connectivity index (χ2v) is 4.36. The van der Waals surface area contributed by atoms with E-state index in [4.69, 9.17) is 4.52 Å². The molecule has 0 radical (unpaired) electrons. The molecule has 1 N–H and O–H groups in total. The van der Waals surface area contributed by atoms with E-state index in [1.54, 1.807) is 0 Å². The molecule has 3 rings (SSSR count). The predicted molar refractivity (Wildman–Crippen MR) is 64.5 cm³/mol. The Labute approximate surface area is 100 Å². The van der Waals surface area contributed by atoms with Crippen molar-refractivity contribution in [3.05, 3.63) is 36.2 Å². The second kappa shape index (κ2) is 4.67. The molecular formula is C13H15N3O. The van der Waals surface area contributed by atoms with Crippen LogP contribution in [-0.4, -0.2) is 22.7 Å². The van der Waals surface area contributed by atoms with Crippen molar-refractivity contribution in [3.63, 3.8) is 0 Å². The zero-order valence-electron chi connectivity index (χ0n) is 9.60. The number of hydrogen-bond donors (Lipinski definition) is 1. The highest BCUT2D eigenvalue weighted by atomic mass is 16.5. The quantitative estimate of drug-likeness (QED) is 0.852. The molecule has 1 fully saturated rings. The van der Waals surface area contributed by atoms with Crippen molar-refractivity contribution < 1.29 is 4.52 Å². The zero-order valence-corrected chi connectivity index (χ0v) is 9.60. The summed E-state index contributed by atoms with van der Waals surface area (Å²) in [4.78, 5) is 4.38. The Balaban J connectivity index is 1.61. The lowest BCUT2D eigenvalue weighted by molar-refractivity contribution is 0.376. The Morgan fingerprint density at radius 3 is 2.82 bits per heavy atom. The molecular weight excluding hydrogens is 214 g/mol. The number of aromatic nitrogens is 2. The van der Waals surface area contributed by atoms with Gasteiger partial charge in [-0.25, -0.2) is 0 Å². The molecule has 17 heavy (non-hydrogen) atoms. The highest BCUT2D eigenvalue weighted by molar-refractivity contribution is 5.53. The molecule has 1 aliphatic rings.